The molecule has 1 heterocycles. The molecule has 7 heteroatoms. The summed E-state index contributed by atoms with van der Waals surface area (Å²) >= 11 is 4.51. The van der Waals surface area contributed by atoms with Crippen molar-refractivity contribution >= 4 is 63.1 Å². The number of benzene rings is 4. The number of carbonyl (C=O) groups excluding carboxylic acids is 1. The van der Waals surface area contributed by atoms with Crippen LogP contribution in [0, 0.1) is 7.14 Å². The van der Waals surface area contributed by atoms with Crippen molar-refractivity contribution in [3.63, 3.8) is 0 Å². The van der Waals surface area contributed by atoms with Crippen LogP contribution in [0.4, 0.5) is 0 Å². The molecule has 0 N–H and O–H groups in total. The van der Waals surface area contributed by atoms with Crippen LogP contribution < -0.4 is 9.47 Å². The minimum Gasteiger partial charge on any atom is -0.490 e. The van der Waals surface area contributed by atoms with Gasteiger partial charge in [-0.3, -0.25) is 0 Å². The molecule has 1 aliphatic heterocycles. The van der Waals surface area contributed by atoms with E-state index in [1.165, 1.54) is 0 Å². The summed E-state index contributed by atoms with van der Waals surface area (Å²) in [6, 6.07) is 29.9. The summed E-state index contributed by atoms with van der Waals surface area (Å²) in [5.74, 6) is 1.09. The van der Waals surface area contributed by atoms with E-state index in [9.17, 15) is 4.79 Å². The number of rotatable bonds is 8. The third-order valence-corrected chi connectivity index (χ3v) is 7.24. The molecule has 0 bridgehead atoms. The Morgan fingerprint density at radius 2 is 1.58 bits per heavy atom. The van der Waals surface area contributed by atoms with Gasteiger partial charge < -0.3 is 14.2 Å². The second-order valence-electron chi connectivity index (χ2n) is 8.46. The normalized spacial score (nSPS) is 13.8. The molecule has 0 aromatic heterocycles. The van der Waals surface area contributed by atoms with Gasteiger partial charge in [0.1, 0.15) is 6.61 Å². The van der Waals surface area contributed by atoms with E-state index in [4.69, 9.17) is 14.2 Å². The van der Waals surface area contributed by atoms with Crippen LogP contribution in [0.5, 0.6) is 11.5 Å². The van der Waals surface area contributed by atoms with Crippen LogP contribution in [0.1, 0.15) is 23.6 Å². The second kappa shape index (κ2) is 12.1. The molecule has 0 amide bonds. The molecule has 4 aromatic carbocycles. The standard InChI is InChI=1S/C31H23I2NO4/c1-2-36-28-18-21(16-26(33)29(28)37-19-20-7-6-10-25(32)15-20)17-27-31(35)38-30(34-27)24-13-11-23(12-14-24)22-8-4-3-5-9-22/h3-18H,2,19H2,1H3/b27-17-. The van der Waals surface area contributed by atoms with Gasteiger partial charge in [-0.15, -0.1) is 0 Å². The van der Waals surface area contributed by atoms with Crippen LogP contribution in [-0.2, 0) is 16.1 Å². The fraction of sp³-hybridized carbons (Fsp3) is 0.0968. The highest BCUT2D eigenvalue weighted by Crippen LogP contribution is 2.36. The van der Waals surface area contributed by atoms with Gasteiger partial charge in [-0.1, -0.05) is 54.6 Å². The van der Waals surface area contributed by atoms with E-state index in [0.29, 0.717) is 24.7 Å². The maximum absolute atomic E-state index is 12.6. The first-order valence-electron chi connectivity index (χ1n) is 12.0. The first-order chi connectivity index (χ1) is 18.5. The van der Waals surface area contributed by atoms with Crippen molar-refractivity contribution in [2.45, 2.75) is 13.5 Å². The number of hydrogen-bond donors (Lipinski definition) is 0. The summed E-state index contributed by atoms with van der Waals surface area (Å²) in [4.78, 5) is 17.1. The Labute approximate surface area is 248 Å². The highest BCUT2D eigenvalue weighted by molar-refractivity contribution is 14.1. The van der Waals surface area contributed by atoms with Crippen molar-refractivity contribution in [2.24, 2.45) is 4.99 Å². The lowest BCUT2D eigenvalue weighted by atomic mass is 10.0. The Kier molecular flexibility index (Phi) is 8.43. The van der Waals surface area contributed by atoms with E-state index in [0.717, 1.165) is 35.0 Å². The van der Waals surface area contributed by atoms with Gasteiger partial charge >= 0.3 is 5.97 Å². The zero-order valence-corrected chi connectivity index (χ0v) is 24.8. The lowest BCUT2D eigenvalue weighted by molar-refractivity contribution is -0.129. The average molecular weight is 727 g/mol. The van der Waals surface area contributed by atoms with Gasteiger partial charge in [-0.25, -0.2) is 9.79 Å². The van der Waals surface area contributed by atoms with Crippen molar-refractivity contribution < 1.29 is 19.0 Å². The quantitative estimate of drug-likeness (QED) is 0.105. The molecule has 0 saturated heterocycles. The van der Waals surface area contributed by atoms with Crippen LogP contribution in [0.3, 0.4) is 0 Å². The minimum atomic E-state index is -0.487. The zero-order valence-electron chi connectivity index (χ0n) is 20.5. The topological polar surface area (TPSA) is 57.1 Å². The van der Waals surface area contributed by atoms with E-state index in [1.807, 2.05) is 79.7 Å². The summed E-state index contributed by atoms with van der Waals surface area (Å²) < 4.78 is 19.6. The van der Waals surface area contributed by atoms with Crippen LogP contribution in [0.25, 0.3) is 17.2 Å². The van der Waals surface area contributed by atoms with Crippen molar-refractivity contribution in [2.75, 3.05) is 6.61 Å². The smallest absolute Gasteiger partial charge is 0.363 e. The Hall–Kier alpha value is -3.18. The predicted molar refractivity (Wildman–Crippen MR) is 166 cm³/mol. The van der Waals surface area contributed by atoms with Crippen LogP contribution >= 0.6 is 45.2 Å². The summed E-state index contributed by atoms with van der Waals surface area (Å²) in [7, 11) is 0. The number of cyclic esters (lactones) is 1. The molecule has 4 aromatic rings. The van der Waals surface area contributed by atoms with E-state index in [2.05, 4.69) is 68.4 Å². The van der Waals surface area contributed by atoms with Gasteiger partial charge in [0.25, 0.3) is 0 Å². The fourth-order valence-electron chi connectivity index (χ4n) is 3.98. The van der Waals surface area contributed by atoms with Gasteiger partial charge in [-0.05, 0) is 117 Å². The summed E-state index contributed by atoms with van der Waals surface area (Å²) in [6.45, 7) is 2.84. The van der Waals surface area contributed by atoms with Gasteiger partial charge in [-0.2, -0.15) is 0 Å². The molecule has 0 atom stereocenters. The first-order valence-corrected chi connectivity index (χ1v) is 14.2. The molecule has 0 fully saturated rings. The number of nitrogens with zero attached hydrogens (tertiary/aromatic N) is 1. The maximum Gasteiger partial charge on any atom is 0.363 e. The monoisotopic (exact) mass is 727 g/mol. The molecule has 0 spiro atoms. The lowest BCUT2D eigenvalue weighted by Gasteiger charge is -2.15. The molecular weight excluding hydrogens is 704 g/mol. The van der Waals surface area contributed by atoms with E-state index >= 15 is 0 Å². The molecule has 0 saturated carbocycles. The van der Waals surface area contributed by atoms with Crippen LogP contribution in [-0.4, -0.2) is 18.5 Å². The third kappa shape index (κ3) is 6.27. The van der Waals surface area contributed by atoms with Crippen molar-refractivity contribution in [3.05, 3.63) is 121 Å². The highest BCUT2D eigenvalue weighted by Gasteiger charge is 2.24. The summed E-state index contributed by atoms with van der Waals surface area (Å²) in [5.41, 5.74) is 5.03. The number of hydrogen-bond acceptors (Lipinski definition) is 5. The van der Waals surface area contributed by atoms with Crippen molar-refractivity contribution in [1.82, 2.24) is 0 Å². The third-order valence-electron chi connectivity index (χ3n) is 5.77. The molecular formula is C31H23I2NO4. The molecule has 0 aliphatic carbocycles. The Morgan fingerprint density at radius 3 is 2.32 bits per heavy atom. The molecule has 5 rings (SSSR count). The summed E-state index contributed by atoms with van der Waals surface area (Å²) in [5, 5.41) is 0. The number of ether oxygens (including phenoxy) is 3. The predicted octanol–water partition coefficient (Wildman–Crippen LogP) is 7.89. The van der Waals surface area contributed by atoms with Gasteiger partial charge in [0.2, 0.25) is 5.90 Å². The molecule has 38 heavy (non-hydrogen) atoms. The van der Waals surface area contributed by atoms with E-state index in [1.54, 1.807) is 6.08 Å². The first kappa shape index (κ1) is 26.4. The van der Waals surface area contributed by atoms with E-state index < -0.39 is 5.97 Å². The van der Waals surface area contributed by atoms with E-state index in [-0.39, 0.29) is 11.6 Å². The van der Waals surface area contributed by atoms with Crippen molar-refractivity contribution in [3.8, 4) is 22.6 Å². The number of halogens is 2. The Bertz CT molecular complexity index is 1530. The number of carbonyl (C=O) groups is 1. The molecule has 0 unspecified atom stereocenters. The summed E-state index contributed by atoms with van der Waals surface area (Å²) in [6.07, 6.45) is 1.71. The molecule has 0 radical (unpaired) electrons. The second-order valence-corrected chi connectivity index (χ2v) is 10.9. The lowest BCUT2D eigenvalue weighted by Crippen LogP contribution is -2.05. The highest BCUT2D eigenvalue weighted by atomic mass is 127. The van der Waals surface area contributed by atoms with Gasteiger partial charge in [0.05, 0.1) is 10.2 Å². The van der Waals surface area contributed by atoms with Crippen molar-refractivity contribution in [1.29, 1.82) is 0 Å². The number of aliphatic imine (C=N–C) groups is 1. The van der Waals surface area contributed by atoms with Crippen LogP contribution in [0.15, 0.2) is 102 Å². The largest absolute Gasteiger partial charge is 0.490 e. The average Bonchev–Trinajstić information content (AvgIpc) is 3.29. The Morgan fingerprint density at radius 1 is 0.842 bits per heavy atom. The molecule has 5 nitrogen and oxygen atoms in total. The van der Waals surface area contributed by atoms with Gasteiger partial charge in [0, 0.05) is 9.13 Å². The Balaban J connectivity index is 1.38. The zero-order chi connectivity index (χ0) is 26.5. The fourth-order valence-corrected chi connectivity index (χ4v) is 5.37. The minimum absolute atomic E-state index is 0.234. The maximum atomic E-state index is 12.6. The van der Waals surface area contributed by atoms with Gasteiger partial charge in [0.15, 0.2) is 17.2 Å². The number of esters is 1. The molecule has 190 valence electrons. The molecule has 1 aliphatic rings. The SMILES string of the molecule is CCOc1cc(/C=C2\N=C(c3ccc(-c4ccccc4)cc3)OC2=O)cc(I)c1OCc1cccc(I)c1. The van der Waals surface area contributed by atoms with Crippen LogP contribution in [0.2, 0.25) is 0 Å².